The molecule has 1 aliphatic rings. The maximum atomic E-state index is 13.0. The van der Waals surface area contributed by atoms with E-state index < -0.39 is 11.5 Å². The first-order valence-corrected chi connectivity index (χ1v) is 9.46. The van der Waals surface area contributed by atoms with Crippen LogP contribution >= 0.6 is 0 Å². The molecule has 1 fully saturated rings. The second kappa shape index (κ2) is 8.38. The molecule has 1 saturated heterocycles. The highest BCUT2D eigenvalue weighted by atomic mass is 16.6. The summed E-state index contributed by atoms with van der Waals surface area (Å²) in [5, 5.41) is 2.72. The summed E-state index contributed by atoms with van der Waals surface area (Å²) in [6.07, 6.45) is 1.03. The Labute approximate surface area is 169 Å². The average molecular weight is 399 g/mol. The van der Waals surface area contributed by atoms with Crippen LogP contribution in [-0.4, -0.2) is 59.5 Å². The molecule has 3 rings (SSSR count). The molecular formula is C21H25N3O5. The maximum absolute atomic E-state index is 13.0. The third kappa shape index (κ3) is 5.16. The van der Waals surface area contributed by atoms with E-state index in [2.05, 4.69) is 5.32 Å². The van der Waals surface area contributed by atoms with Gasteiger partial charge in [0.2, 0.25) is 0 Å². The summed E-state index contributed by atoms with van der Waals surface area (Å²) in [7, 11) is 0. The second-order valence-electron chi connectivity index (χ2n) is 7.74. The lowest BCUT2D eigenvalue weighted by Gasteiger charge is -2.35. The van der Waals surface area contributed by atoms with E-state index in [-0.39, 0.29) is 17.8 Å². The zero-order chi connectivity index (χ0) is 21.0. The van der Waals surface area contributed by atoms with Crippen LogP contribution < -0.4 is 5.32 Å². The number of nitrogens with one attached hydrogen (secondary N) is 1. The Morgan fingerprint density at radius 3 is 2.24 bits per heavy atom. The number of anilines is 1. The molecule has 2 aromatic rings. The van der Waals surface area contributed by atoms with Crippen molar-refractivity contribution in [3.8, 4) is 0 Å². The van der Waals surface area contributed by atoms with E-state index in [9.17, 15) is 14.4 Å². The minimum atomic E-state index is -0.560. The summed E-state index contributed by atoms with van der Waals surface area (Å²) in [5.41, 5.74) is 0.237. The first kappa shape index (κ1) is 20.4. The van der Waals surface area contributed by atoms with Crippen molar-refractivity contribution in [3.63, 3.8) is 0 Å². The van der Waals surface area contributed by atoms with Gasteiger partial charge in [0.25, 0.3) is 11.8 Å². The lowest BCUT2D eigenvalue weighted by atomic mass is 10.1. The first-order valence-electron chi connectivity index (χ1n) is 9.46. The molecule has 0 spiro atoms. The van der Waals surface area contributed by atoms with E-state index >= 15 is 0 Å². The number of furan rings is 1. The number of hydrogen-bond acceptors (Lipinski definition) is 5. The third-order valence-electron chi connectivity index (χ3n) is 4.37. The Hall–Kier alpha value is -3.29. The predicted octanol–water partition coefficient (Wildman–Crippen LogP) is 3.22. The largest absolute Gasteiger partial charge is 0.459 e. The van der Waals surface area contributed by atoms with Gasteiger partial charge in [-0.05, 0) is 45.0 Å². The minimum Gasteiger partial charge on any atom is -0.459 e. The Bertz CT molecular complexity index is 878. The molecular weight excluding hydrogens is 374 g/mol. The molecule has 154 valence electrons. The number of para-hydroxylation sites is 1. The zero-order valence-electron chi connectivity index (χ0n) is 16.8. The van der Waals surface area contributed by atoms with Crippen molar-refractivity contribution in [2.45, 2.75) is 26.4 Å². The number of ether oxygens (including phenoxy) is 1. The summed E-state index contributed by atoms with van der Waals surface area (Å²) in [5.74, 6) is -0.465. The number of piperazine rings is 1. The quantitative estimate of drug-likeness (QED) is 0.856. The van der Waals surface area contributed by atoms with E-state index in [0.717, 1.165) is 0 Å². The standard InChI is InChI=1S/C21H25N3O5/c1-21(2,3)29-20(27)24-12-10-23(11-13-24)19(26)15-7-4-5-8-16(15)22-18(25)17-9-6-14-28-17/h4-9,14H,10-13H2,1-3H3,(H,22,25). The molecule has 0 saturated carbocycles. The number of carbonyl (C=O) groups is 3. The number of hydrogen-bond donors (Lipinski definition) is 1. The molecule has 0 radical (unpaired) electrons. The van der Waals surface area contributed by atoms with Crippen LogP contribution in [-0.2, 0) is 4.74 Å². The molecule has 0 aliphatic carbocycles. The molecule has 0 bridgehead atoms. The Kier molecular flexibility index (Phi) is 5.91. The molecule has 1 N–H and O–H groups in total. The molecule has 1 aromatic heterocycles. The number of amides is 3. The van der Waals surface area contributed by atoms with Crippen molar-refractivity contribution in [2.24, 2.45) is 0 Å². The van der Waals surface area contributed by atoms with Gasteiger partial charge in [0, 0.05) is 26.2 Å². The van der Waals surface area contributed by atoms with E-state index in [0.29, 0.717) is 37.4 Å². The average Bonchev–Trinajstić information content (AvgIpc) is 3.22. The van der Waals surface area contributed by atoms with E-state index in [1.165, 1.54) is 6.26 Å². The van der Waals surface area contributed by atoms with Crippen LogP contribution in [0.5, 0.6) is 0 Å². The van der Waals surface area contributed by atoms with Crippen LogP contribution in [0.3, 0.4) is 0 Å². The van der Waals surface area contributed by atoms with Gasteiger partial charge in [0.15, 0.2) is 5.76 Å². The highest BCUT2D eigenvalue weighted by Gasteiger charge is 2.29. The Morgan fingerprint density at radius 1 is 0.966 bits per heavy atom. The number of benzene rings is 1. The molecule has 29 heavy (non-hydrogen) atoms. The SMILES string of the molecule is CC(C)(C)OC(=O)N1CCN(C(=O)c2ccccc2NC(=O)c2ccco2)CC1. The molecule has 1 aromatic carbocycles. The number of rotatable bonds is 3. The first-order chi connectivity index (χ1) is 13.7. The Morgan fingerprint density at radius 2 is 1.62 bits per heavy atom. The van der Waals surface area contributed by atoms with Crippen LogP contribution in [0, 0.1) is 0 Å². The van der Waals surface area contributed by atoms with E-state index in [1.54, 1.807) is 46.2 Å². The van der Waals surface area contributed by atoms with Crippen molar-refractivity contribution >= 4 is 23.6 Å². The topological polar surface area (TPSA) is 92.1 Å². The molecule has 0 atom stereocenters. The van der Waals surface area contributed by atoms with Crippen molar-refractivity contribution in [1.29, 1.82) is 0 Å². The van der Waals surface area contributed by atoms with Crippen LogP contribution in [0.15, 0.2) is 47.1 Å². The van der Waals surface area contributed by atoms with Gasteiger partial charge in [-0.1, -0.05) is 12.1 Å². The fourth-order valence-corrected chi connectivity index (χ4v) is 2.96. The van der Waals surface area contributed by atoms with E-state index in [4.69, 9.17) is 9.15 Å². The van der Waals surface area contributed by atoms with Gasteiger partial charge in [-0.2, -0.15) is 0 Å². The van der Waals surface area contributed by atoms with Gasteiger partial charge in [-0.25, -0.2) is 4.79 Å². The molecule has 1 aliphatic heterocycles. The van der Waals surface area contributed by atoms with Gasteiger partial charge < -0.3 is 24.3 Å². The fourth-order valence-electron chi connectivity index (χ4n) is 2.96. The molecule has 8 nitrogen and oxygen atoms in total. The monoisotopic (exact) mass is 399 g/mol. The van der Waals surface area contributed by atoms with Crippen molar-refractivity contribution in [2.75, 3.05) is 31.5 Å². The predicted molar refractivity (Wildman–Crippen MR) is 107 cm³/mol. The van der Waals surface area contributed by atoms with Gasteiger partial charge in [-0.3, -0.25) is 9.59 Å². The van der Waals surface area contributed by atoms with Gasteiger partial charge in [0.1, 0.15) is 5.60 Å². The molecule has 2 heterocycles. The number of nitrogens with zero attached hydrogens (tertiary/aromatic N) is 2. The summed E-state index contributed by atoms with van der Waals surface area (Å²) in [4.78, 5) is 40.7. The minimum absolute atomic E-state index is 0.165. The van der Waals surface area contributed by atoms with Crippen molar-refractivity contribution in [3.05, 3.63) is 54.0 Å². The normalized spacial score (nSPS) is 14.4. The van der Waals surface area contributed by atoms with Crippen molar-refractivity contribution in [1.82, 2.24) is 9.80 Å². The zero-order valence-corrected chi connectivity index (χ0v) is 16.8. The summed E-state index contributed by atoms with van der Waals surface area (Å²) in [6, 6.07) is 10.00. The van der Waals surface area contributed by atoms with Gasteiger partial charge in [0.05, 0.1) is 17.5 Å². The lowest BCUT2D eigenvalue weighted by Crippen LogP contribution is -2.51. The highest BCUT2D eigenvalue weighted by Crippen LogP contribution is 2.20. The fraction of sp³-hybridized carbons (Fsp3) is 0.381. The van der Waals surface area contributed by atoms with Gasteiger partial charge in [-0.15, -0.1) is 0 Å². The smallest absolute Gasteiger partial charge is 0.410 e. The summed E-state index contributed by atoms with van der Waals surface area (Å²) >= 11 is 0. The van der Waals surface area contributed by atoms with Crippen molar-refractivity contribution < 1.29 is 23.5 Å². The summed E-state index contributed by atoms with van der Waals surface area (Å²) < 4.78 is 10.5. The van der Waals surface area contributed by atoms with Crippen LogP contribution in [0.4, 0.5) is 10.5 Å². The highest BCUT2D eigenvalue weighted by molar-refractivity contribution is 6.07. The molecule has 8 heteroatoms. The summed E-state index contributed by atoms with van der Waals surface area (Å²) in [6.45, 7) is 7.01. The molecule has 0 unspecified atom stereocenters. The lowest BCUT2D eigenvalue weighted by molar-refractivity contribution is 0.0141. The van der Waals surface area contributed by atoms with Crippen LogP contribution in [0.2, 0.25) is 0 Å². The van der Waals surface area contributed by atoms with E-state index in [1.807, 2.05) is 20.8 Å². The van der Waals surface area contributed by atoms with Crippen LogP contribution in [0.25, 0.3) is 0 Å². The Balaban J connectivity index is 1.64. The second-order valence-corrected chi connectivity index (χ2v) is 7.74. The number of carbonyl (C=O) groups excluding carboxylic acids is 3. The molecule has 3 amide bonds. The maximum Gasteiger partial charge on any atom is 0.410 e. The van der Waals surface area contributed by atoms with Gasteiger partial charge >= 0.3 is 6.09 Å². The third-order valence-corrected chi connectivity index (χ3v) is 4.37. The van der Waals surface area contributed by atoms with Crippen LogP contribution in [0.1, 0.15) is 41.7 Å².